The van der Waals surface area contributed by atoms with Gasteiger partial charge in [-0.05, 0) is 30.5 Å². The molecule has 1 aromatic carbocycles. The number of carbonyl (C=O) groups is 3. The Hall–Kier alpha value is -2.93. The lowest BCUT2D eigenvalue weighted by Crippen LogP contribution is -2.33. The molecule has 0 saturated heterocycles. The molecular formula is C20H20N2O4S. The van der Waals surface area contributed by atoms with Crippen LogP contribution in [0.15, 0.2) is 30.3 Å². The van der Waals surface area contributed by atoms with Crippen LogP contribution < -0.4 is 5.32 Å². The number of aromatic carboxylic acids is 1. The van der Waals surface area contributed by atoms with Crippen LogP contribution in [0.2, 0.25) is 0 Å². The van der Waals surface area contributed by atoms with Gasteiger partial charge < -0.3 is 15.3 Å². The number of thiophene rings is 1. The highest BCUT2D eigenvalue weighted by Crippen LogP contribution is 2.37. The zero-order valence-electron chi connectivity index (χ0n) is 15.1. The topological polar surface area (TPSA) is 86.7 Å². The maximum atomic E-state index is 12.3. The Morgan fingerprint density at radius 1 is 1.22 bits per heavy atom. The highest BCUT2D eigenvalue weighted by Gasteiger charge is 2.29. The van der Waals surface area contributed by atoms with E-state index in [9.17, 15) is 19.5 Å². The van der Waals surface area contributed by atoms with Gasteiger partial charge in [-0.15, -0.1) is 11.3 Å². The van der Waals surface area contributed by atoms with Gasteiger partial charge in [0.1, 0.15) is 5.00 Å². The quantitative estimate of drug-likeness (QED) is 0.792. The molecule has 0 unspecified atom stereocenters. The number of carboxylic acid groups (broad SMARTS) is 1. The first kappa shape index (κ1) is 18.8. The number of benzene rings is 1. The molecule has 0 atom stereocenters. The van der Waals surface area contributed by atoms with E-state index in [4.69, 9.17) is 0 Å². The lowest BCUT2D eigenvalue weighted by Gasteiger charge is -2.25. The van der Waals surface area contributed by atoms with Crippen LogP contribution >= 0.6 is 11.3 Å². The van der Waals surface area contributed by atoms with Gasteiger partial charge in [0.25, 0.3) is 0 Å². The second-order valence-electron chi connectivity index (χ2n) is 6.44. The average molecular weight is 384 g/mol. The predicted octanol–water partition coefficient (Wildman–Crippen LogP) is 3.31. The maximum absolute atomic E-state index is 12.3. The van der Waals surface area contributed by atoms with E-state index in [1.165, 1.54) is 24.3 Å². The largest absolute Gasteiger partial charge is 0.478 e. The van der Waals surface area contributed by atoms with Crippen molar-refractivity contribution in [3.63, 3.8) is 0 Å². The molecule has 1 aliphatic rings. The molecule has 1 aliphatic heterocycles. The zero-order chi connectivity index (χ0) is 19.6. The third-order valence-corrected chi connectivity index (χ3v) is 5.59. The van der Waals surface area contributed by atoms with Crippen LogP contribution in [0.3, 0.4) is 0 Å². The lowest BCUT2D eigenvalue weighted by molar-refractivity contribution is -0.129. The molecule has 27 heavy (non-hydrogen) atoms. The minimum absolute atomic E-state index is 0.0439. The van der Waals surface area contributed by atoms with E-state index in [1.807, 2.05) is 31.2 Å². The normalized spacial score (nSPS) is 13.5. The summed E-state index contributed by atoms with van der Waals surface area (Å²) in [6.07, 6.45) is 3.54. The van der Waals surface area contributed by atoms with Gasteiger partial charge in [-0.1, -0.05) is 29.8 Å². The van der Waals surface area contributed by atoms with Crippen LogP contribution in [0, 0.1) is 6.92 Å². The molecule has 0 fully saturated rings. The molecule has 2 amide bonds. The Kier molecular flexibility index (Phi) is 5.41. The van der Waals surface area contributed by atoms with Crippen LogP contribution in [-0.2, 0) is 22.6 Å². The number of nitrogens with one attached hydrogen (secondary N) is 1. The molecular weight excluding hydrogens is 364 g/mol. The summed E-state index contributed by atoms with van der Waals surface area (Å²) in [5.41, 5.74) is 2.86. The number of amides is 2. The Balaban J connectivity index is 1.80. The number of nitrogens with zero attached hydrogens (tertiary/aromatic N) is 1. The van der Waals surface area contributed by atoms with Crippen molar-refractivity contribution in [2.75, 3.05) is 11.9 Å². The molecule has 7 heteroatoms. The SMILES string of the molecule is CC(=O)N1CCc2c(sc(NC(=O)/C=C/c3ccc(C)cc3)c2C(=O)O)C1. The summed E-state index contributed by atoms with van der Waals surface area (Å²) in [4.78, 5) is 38.1. The van der Waals surface area contributed by atoms with E-state index in [1.54, 1.807) is 11.0 Å². The summed E-state index contributed by atoms with van der Waals surface area (Å²) in [6, 6.07) is 7.71. The van der Waals surface area contributed by atoms with E-state index in [0.717, 1.165) is 16.0 Å². The van der Waals surface area contributed by atoms with Crippen molar-refractivity contribution >= 4 is 40.2 Å². The van der Waals surface area contributed by atoms with Gasteiger partial charge in [0.2, 0.25) is 11.8 Å². The third-order valence-electron chi connectivity index (χ3n) is 4.46. The molecule has 1 aromatic heterocycles. The van der Waals surface area contributed by atoms with E-state index in [0.29, 0.717) is 30.1 Å². The van der Waals surface area contributed by atoms with Crippen LogP contribution in [0.25, 0.3) is 6.08 Å². The lowest BCUT2D eigenvalue weighted by atomic mass is 10.0. The predicted molar refractivity (Wildman–Crippen MR) is 105 cm³/mol. The van der Waals surface area contributed by atoms with Crippen LogP contribution in [-0.4, -0.2) is 34.3 Å². The first-order chi connectivity index (χ1) is 12.8. The van der Waals surface area contributed by atoms with Gasteiger partial charge in [0.15, 0.2) is 0 Å². The monoisotopic (exact) mass is 384 g/mol. The van der Waals surface area contributed by atoms with E-state index in [-0.39, 0.29) is 17.4 Å². The highest BCUT2D eigenvalue weighted by atomic mass is 32.1. The van der Waals surface area contributed by atoms with Crippen molar-refractivity contribution in [2.24, 2.45) is 0 Å². The summed E-state index contributed by atoms with van der Waals surface area (Å²) in [6.45, 7) is 4.35. The standard InChI is InChI=1S/C20H20N2O4S/c1-12-3-5-14(6-4-12)7-8-17(24)21-19-18(20(25)26)15-9-10-22(13(2)23)11-16(15)27-19/h3-8H,9-11H2,1-2H3,(H,21,24)(H,25,26)/b8-7+. The maximum Gasteiger partial charge on any atom is 0.339 e. The average Bonchev–Trinajstić information content (AvgIpc) is 2.98. The first-order valence-corrected chi connectivity index (χ1v) is 9.36. The summed E-state index contributed by atoms with van der Waals surface area (Å²) in [7, 11) is 0. The third kappa shape index (κ3) is 4.25. The molecule has 140 valence electrons. The van der Waals surface area contributed by atoms with Crippen LogP contribution in [0.4, 0.5) is 5.00 Å². The number of carbonyl (C=O) groups excluding carboxylic acids is 2. The fraction of sp³-hybridized carbons (Fsp3) is 0.250. The Morgan fingerprint density at radius 2 is 1.93 bits per heavy atom. The molecule has 0 spiro atoms. The molecule has 2 heterocycles. The second-order valence-corrected chi connectivity index (χ2v) is 7.54. The van der Waals surface area contributed by atoms with Crippen molar-refractivity contribution in [1.82, 2.24) is 4.90 Å². The summed E-state index contributed by atoms with van der Waals surface area (Å²) in [5.74, 6) is -1.50. The molecule has 0 bridgehead atoms. The molecule has 6 nitrogen and oxygen atoms in total. The van der Waals surface area contributed by atoms with E-state index < -0.39 is 5.97 Å². The molecule has 2 N–H and O–H groups in total. The zero-order valence-corrected chi connectivity index (χ0v) is 15.9. The fourth-order valence-electron chi connectivity index (χ4n) is 2.99. The second kappa shape index (κ2) is 7.75. The van der Waals surface area contributed by atoms with Crippen molar-refractivity contribution < 1.29 is 19.5 Å². The fourth-order valence-corrected chi connectivity index (χ4v) is 4.25. The van der Waals surface area contributed by atoms with Crippen molar-refractivity contribution in [3.05, 3.63) is 57.5 Å². The molecule has 2 aromatic rings. The molecule has 3 rings (SSSR count). The van der Waals surface area contributed by atoms with Crippen LogP contribution in [0.5, 0.6) is 0 Å². The molecule has 0 saturated carbocycles. The first-order valence-electron chi connectivity index (χ1n) is 8.54. The molecule has 0 aliphatic carbocycles. The number of rotatable bonds is 4. The summed E-state index contributed by atoms with van der Waals surface area (Å²) >= 11 is 1.22. The number of aryl methyl sites for hydroxylation is 1. The van der Waals surface area contributed by atoms with Crippen molar-refractivity contribution in [2.45, 2.75) is 26.8 Å². The van der Waals surface area contributed by atoms with Gasteiger partial charge in [0, 0.05) is 24.4 Å². The molecule has 0 radical (unpaired) electrons. The minimum atomic E-state index is -1.07. The van der Waals surface area contributed by atoms with Gasteiger partial charge in [-0.25, -0.2) is 4.79 Å². The van der Waals surface area contributed by atoms with Gasteiger partial charge in [-0.2, -0.15) is 0 Å². The smallest absolute Gasteiger partial charge is 0.339 e. The Morgan fingerprint density at radius 3 is 2.56 bits per heavy atom. The highest BCUT2D eigenvalue weighted by molar-refractivity contribution is 7.17. The van der Waals surface area contributed by atoms with Gasteiger partial charge in [-0.3, -0.25) is 9.59 Å². The number of anilines is 1. The van der Waals surface area contributed by atoms with E-state index in [2.05, 4.69) is 5.32 Å². The number of carboxylic acids is 1. The Labute approximate surface area is 161 Å². The van der Waals surface area contributed by atoms with Crippen molar-refractivity contribution in [1.29, 1.82) is 0 Å². The van der Waals surface area contributed by atoms with Gasteiger partial charge in [0.05, 0.1) is 12.1 Å². The summed E-state index contributed by atoms with van der Waals surface area (Å²) in [5, 5.41) is 12.6. The number of hydrogen-bond acceptors (Lipinski definition) is 4. The van der Waals surface area contributed by atoms with Crippen LogP contribution in [0.1, 0.15) is 38.8 Å². The van der Waals surface area contributed by atoms with Gasteiger partial charge >= 0.3 is 5.97 Å². The van der Waals surface area contributed by atoms with Crippen molar-refractivity contribution in [3.8, 4) is 0 Å². The number of fused-ring (bicyclic) bond motifs is 1. The number of hydrogen-bond donors (Lipinski definition) is 2. The minimum Gasteiger partial charge on any atom is -0.478 e. The summed E-state index contributed by atoms with van der Waals surface area (Å²) < 4.78 is 0. The Bertz CT molecular complexity index is 928. The van der Waals surface area contributed by atoms with E-state index >= 15 is 0 Å².